The lowest BCUT2D eigenvalue weighted by Gasteiger charge is -2.07. The number of imide groups is 1. The van der Waals surface area contributed by atoms with Gasteiger partial charge in [0.25, 0.3) is 17.7 Å². The third-order valence-electron chi connectivity index (χ3n) is 3.73. The lowest BCUT2D eigenvalue weighted by atomic mass is 10.1. The molecule has 0 saturated heterocycles. The summed E-state index contributed by atoms with van der Waals surface area (Å²) in [6.45, 7) is 0. The van der Waals surface area contributed by atoms with Gasteiger partial charge in [-0.3, -0.25) is 19.3 Å². The van der Waals surface area contributed by atoms with Gasteiger partial charge in [-0.25, -0.2) is 0 Å². The van der Waals surface area contributed by atoms with Crippen LogP contribution >= 0.6 is 0 Å². The van der Waals surface area contributed by atoms with Crippen molar-refractivity contribution in [1.29, 1.82) is 0 Å². The molecule has 0 aliphatic carbocycles. The van der Waals surface area contributed by atoms with Crippen LogP contribution in [0.15, 0.2) is 42.5 Å². The van der Waals surface area contributed by atoms with E-state index in [1.807, 2.05) is 0 Å². The first-order chi connectivity index (χ1) is 11.4. The first-order valence-electron chi connectivity index (χ1n) is 6.97. The smallest absolute Gasteiger partial charge is 0.261 e. The molecule has 1 N–H and O–H groups in total. The van der Waals surface area contributed by atoms with Gasteiger partial charge in [0, 0.05) is 18.3 Å². The zero-order chi connectivity index (χ0) is 17.4. The van der Waals surface area contributed by atoms with Gasteiger partial charge in [0.15, 0.2) is 0 Å². The highest BCUT2D eigenvalue weighted by atomic mass is 16.4. The summed E-state index contributed by atoms with van der Waals surface area (Å²) in [7, 11) is 1.38. The molecular weight excluding hydrogens is 312 g/mol. The number of carboxylic acid groups (broad SMARTS) is 1. The molecule has 24 heavy (non-hydrogen) atoms. The molecule has 0 bridgehead atoms. The second-order valence-electron chi connectivity index (χ2n) is 5.25. The number of fused-ring (bicyclic) bond motifs is 1. The number of rotatable bonds is 3. The highest BCUT2D eigenvalue weighted by Gasteiger charge is 2.33. The van der Waals surface area contributed by atoms with Gasteiger partial charge in [-0.05, 0) is 35.9 Å². The molecule has 0 fully saturated rings. The lowest BCUT2D eigenvalue weighted by Crippen LogP contribution is -2.24. The molecule has 1 aliphatic heterocycles. The van der Waals surface area contributed by atoms with Crippen molar-refractivity contribution < 1.29 is 24.3 Å². The van der Waals surface area contributed by atoms with Crippen molar-refractivity contribution in [3.8, 4) is 0 Å². The molecule has 7 nitrogen and oxygen atoms in total. The Bertz CT molecular complexity index is 886. The quantitative estimate of drug-likeness (QED) is 0.829. The van der Waals surface area contributed by atoms with Crippen LogP contribution < -0.4 is 10.4 Å². The first-order valence-corrected chi connectivity index (χ1v) is 6.97. The number of benzene rings is 2. The third kappa shape index (κ3) is 2.52. The van der Waals surface area contributed by atoms with Crippen molar-refractivity contribution in [1.82, 2.24) is 4.90 Å². The monoisotopic (exact) mass is 323 g/mol. The number of nitrogens with one attached hydrogen (secondary N) is 1. The number of hydrogen-bond donors (Lipinski definition) is 1. The van der Waals surface area contributed by atoms with Crippen LogP contribution in [0.1, 0.15) is 41.4 Å². The fourth-order valence-corrected chi connectivity index (χ4v) is 2.40. The number of carbonyl (C=O) groups is 4. The number of amides is 3. The second kappa shape index (κ2) is 5.62. The topological polar surface area (TPSA) is 107 Å². The normalized spacial score (nSPS) is 13.0. The highest BCUT2D eigenvalue weighted by Crippen LogP contribution is 2.23. The number of anilines is 1. The van der Waals surface area contributed by atoms with Crippen LogP contribution in [-0.2, 0) is 0 Å². The molecule has 2 aromatic carbocycles. The lowest BCUT2D eigenvalue weighted by molar-refractivity contribution is -0.255. The van der Waals surface area contributed by atoms with E-state index >= 15 is 0 Å². The predicted octanol–water partition coefficient (Wildman–Crippen LogP) is 0.528. The molecular formula is C17H11N2O5-. The summed E-state index contributed by atoms with van der Waals surface area (Å²) in [5, 5.41) is 13.3. The molecule has 2 aromatic rings. The van der Waals surface area contributed by atoms with E-state index in [0.29, 0.717) is 5.69 Å². The predicted molar refractivity (Wildman–Crippen MR) is 81.6 cm³/mol. The summed E-state index contributed by atoms with van der Waals surface area (Å²) in [6.07, 6.45) is 0. The summed E-state index contributed by atoms with van der Waals surface area (Å²) in [4.78, 5) is 47.7. The van der Waals surface area contributed by atoms with Gasteiger partial charge in [0.2, 0.25) is 0 Å². The fraction of sp³-hybridized carbons (Fsp3) is 0.0588. The van der Waals surface area contributed by atoms with E-state index in [1.54, 1.807) is 0 Å². The van der Waals surface area contributed by atoms with E-state index in [-0.39, 0.29) is 22.3 Å². The zero-order valence-corrected chi connectivity index (χ0v) is 12.5. The van der Waals surface area contributed by atoms with E-state index in [9.17, 15) is 24.3 Å². The molecule has 3 amide bonds. The largest absolute Gasteiger partial charge is 0.545 e. The Balaban J connectivity index is 1.83. The van der Waals surface area contributed by atoms with E-state index in [0.717, 1.165) is 4.90 Å². The average Bonchev–Trinajstić information content (AvgIpc) is 2.79. The van der Waals surface area contributed by atoms with Gasteiger partial charge < -0.3 is 15.2 Å². The minimum absolute atomic E-state index is 0.00215. The maximum Gasteiger partial charge on any atom is 0.261 e. The minimum Gasteiger partial charge on any atom is -0.545 e. The number of carbonyl (C=O) groups excluding carboxylic acids is 4. The van der Waals surface area contributed by atoms with Crippen molar-refractivity contribution >= 4 is 29.4 Å². The SMILES string of the molecule is CN1C(=O)c2ccc(C(=O)Nc3ccc(C(=O)[O-])cc3)cc2C1=O. The van der Waals surface area contributed by atoms with Gasteiger partial charge in [-0.15, -0.1) is 0 Å². The van der Waals surface area contributed by atoms with E-state index in [1.165, 1.54) is 49.5 Å². The zero-order valence-electron chi connectivity index (χ0n) is 12.5. The van der Waals surface area contributed by atoms with Crippen LogP contribution in [0.3, 0.4) is 0 Å². The Kier molecular flexibility index (Phi) is 3.61. The molecule has 0 saturated carbocycles. The summed E-state index contributed by atoms with van der Waals surface area (Å²) in [5.41, 5.74) is 1.05. The Morgan fingerprint density at radius 1 is 0.917 bits per heavy atom. The molecule has 1 heterocycles. The standard InChI is InChI=1S/C17H12N2O5/c1-19-15(21)12-7-4-10(8-13(12)16(19)22)14(20)18-11-5-2-9(3-6-11)17(23)24/h2-8H,1H3,(H,18,20)(H,23,24)/p-1. The molecule has 120 valence electrons. The minimum atomic E-state index is -1.31. The van der Waals surface area contributed by atoms with Crippen LogP contribution in [0.25, 0.3) is 0 Å². The number of aromatic carboxylic acids is 1. The van der Waals surface area contributed by atoms with Crippen molar-refractivity contribution in [3.63, 3.8) is 0 Å². The second-order valence-corrected chi connectivity index (χ2v) is 5.25. The number of carboxylic acids is 1. The molecule has 0 aromatic heterocycles. The highest BCUT2D eigenvalue weighted by molar-refractivity contribution is 6.22. The van der Waals surface area contributed by atoms with Crippen LogP contribution in [0.4, 0.5) is 5.69 Å². The number of hydrogen-bond acceptors (Lipinski definition) is 5. The van der Waals surface area contributed by atoms with Crippen LogP contribution in [-0.4, -0.2) is 35.6 Å². The van der Waals surface area contributed by atoms with Crippen LogP contribution in [0.2, 0.25) is 0 Å². The van der Waals surface area contributed by atoms with Gasteiger partial charge in [-0.2, -0.15) is 0 Å². The van der Waals surface area contributed by atoms with Crippen LogP contribution in [0.5, 0.6) is 0 Å². The summed E-state index contributed by atoms with van der Waals surface area (Å²) >= 11 is 0. The van der Waals surface area contributed by atoms with Gasteiger partial charge in [-0.1, -0.05) is 12.1 Å². The summed E-state index contributed by atoms with van der Waals surface area (Å²) in [5.74, 6) is -2.64. The first kappa shape index (κ1) is 15.4. The molecule has 1 aliphatic rings. The summed E-state index contributed by atoms with van der Waals surface area (Å²) in [6, 6.07) is 9.73. The van der Waals surface area contributed by atoms with Gasteiger partial charge in [0.1, 0.15) is 0 Å². The third-order valence-corrected chi connectivity index (χ3v) is 3.73. The van der Waals surface area contributed by atoms with E-state index < -0.39 is 23.7 Å². The molecule has 0 unspecified atom stereocenters. The number of nitrogens with zero attached hydrogens (tertiary/aromatic N) is 1. The Morgan fingerprint density at radius 2 is 1.50 bits per heavy atom. The maximum absolute atomic E-state index is 12.3. The van der Waals surface area contributed by atoms with Crippen molar-refractivity contribution in [3.05, 3.63) is 64.7 Å². The Morgan fingerprint density at radius 3 is 2.12 bits per heavy atom. The average molecular weight is 323 g/mol. The Labute approximate surface area is 136 Å². The molecule has 0 spiro atoms. The molecule has 0 radical (unpaired) electrons. The van der Waals surface area contributed by atoms with Gasteiger partial charge >= 0.3 is 0 Å². The molecule has 0 atom stereocenters. The summed E-state index contributed by atoms with van der Waals surface area (Å²) < 4.78 is 0. The van der Waals surface area contributed by atoms with Gasteiger partial charge in [0.05, 0.1) is 17.1 Å². The van der Waals surface area contributed by atoms with Crippen molar-refractivity contribution in [2.24, 2.45) is 0 Å². The fourth-order valence-electron chi connectivity index (χ4n) is 2.40. The maximum atomic E-state index is 12.3. The molecule has 3 rings (SSSR count). The van der Waals surface area contributed by atoms with Crippen molar-refractivity contribution in [2.45, 2.75) is 0 Å². The molecule has 7 heteroatoms. The van der Waals surface area contributed by atoms with Crippen LogP contribution in [0, 0.1) is 0 Å². The van der Waals surface area contributed by atoms with Crippen molar-refractivity contribution in [2.75, 3.05) is 12.4 Å². The Hall–Kier alpha value is -3.48. The van der Waals surface area contributed by atoms with E-state index in [2.05, 4.69) is 5.32 Å². The van der Waals surface area contributed by atoms with E-state index in [4.69, 9.17) is 0 Å².